The summed E-state index contributed by atoms with van der Waals surface area (Å²) >= 11 is 6.05. The molecular weight excluding hydrogens is 428 g/mol. The van der Waals surface area contributed by atoms with Gasteiger partial charge in [0, 0.05) is 29.5 Å². The van der Waals surface area contributed by atoms with Gasteiger partial charge >= 0.3 is 0 Å². The first-order chi connectivity index (χ1) is 15.4. The zero-order chi connectivity index (χ0) is 22.8. The molecular formula is C25H21ClN2O4. The van der Waals surface area contributed by atoms with Gasteiger partial charge in [0.25, 0.3) is 11.7 Å². The van der Waals surface area contributed by atoms with E-state index in [9.17, 15) is 14.7 Å². The molecule has 162 valence electrons. The highest BCUT2D eigenvalue weighted by Gasteiger charge is 2.46. The van der Waals surface area contributed by atoms with Gasteiger partial charge in [0.2, 0.25) is 0 Å². The molecule has 1 saturated heterocycles. The van der Waals surface area contributed by atoms with E-state index in [0.29, 0.717) is 21.9 Å². The van der Waals surface area contributed by atoms with E-state index in [1.165, 1.54) is 4.90 Å². The number of rotatable bonds is 5. The summed E-state index contributed by atoms with van der Waals surface area (Å²) in [5.74, 6) is -0.990. The lowest BCUT2D eigenvalue weighted by Crippen LogP contribution is -2.29. The molecule has 3 aromatic rings. The lowest BCUT2D eigenvalue weighted by molar-refractivity contribution is -0.140. The summed E-state index contributed by atoms with van der Waals surface area (Å²) in [5, 5.41) is 11.7. The van der Waals surface area contributed by atoms with Gasteiger partial charge in [0.1, 0.15) is 11.5 Å². The van der Waals surface area contributed by atoms with Gasteiger partial charge in [0.05, 0.1) is 18.7 Å². The van der Waals surface area contributed by atoms with Crippen LogP contribution in [0.1, 0.15) is 28.3 Å². The molecule has 1 amide bonds. The van der Waals surface area contributed by atoms with Crippen LogP contribution in [0.3, 0.4) is 0 Å². The molecule has 2 aromatic carbocycles. The van der Waals surface area contributed by atoms with E-state index < -0.39 is 17.7 Å². The molecule has 0 bridgehead atoms. The number of aliphatic hydroxyl groups excluding tert-OH is 1. The molecule has 0 spiro atoms. The molecule has 0 saturated carbocycles. The molecule has 0 aliphatic carbocycles. The Balaban J connectivity index is 1.86. The predicted molar refractivity (Wildman–Crippen MR) is 121 cm³/mol. The Morgan fingerprint density at radius 3 is 2.53 bits per heavy atom. The number of ether oxygens (including phenoxy) is 1. The number of amides is 1. The molecule has 0 radical (unpaired) electrons. The number of halogens is 1. The van der Waals surface area contributed by atoms with Crippen LogP contribution >= 0.6 is 11.6 Å². The first-order valence-electron chi connectivity index (χ1n) is 9.98. The van der Waals surface area contributed by atoms with E-state index in [2.05, 4.69) is 4.98 Å². The topological polar surface area (TPSA) is 79.7 Å². The number of aryl methyl sites for hydroxylation is 1. The molecule has 6 nitrogen and oxygen atoms in total. The lowest BCUT2D eigenvalue weighted by atomic mass is 9.94. The van der Waals surface area contributed by atoms with Crippen LogP contribution in [0.15, 0.2) is 72.6 Å². The third-order valence-corrected chi connectivity index (χ3v) is 5.72. The minimum Gasteiger partial charge on any atom is -0.507 e. The van der Waals surface area contributed by atoms with Crippen molar-refractivity contribution in [3.8, 4) is 5.75 Å². The van der Waals surface area contributed by atoms with Crippen LogP contribution in [0.5, 0.6) is 5.75 Å². The Kier molecular flexibility index (Phi) is 5.97. The average molecular weight is 449 g/mol. The first-order valence-corrected chi connectivity index (χ1v) is 10.4. The van der Waals surface area contributed by atoms with Crippen molar-refractivity contribution >= 4 is 29.1 Å². The molecule has 2 heterocycles. The van der Waals surface area contributed by atoms with E-state index in [1.807, 2.05) is 13.0 Å². The first kappa shape index (κ1) is 21.6. The predicted octanol–water partition coefficient (Wildman–Crippen LogP) is 4.67. The minimum atomic E-state index is -0.769. The third kappa shape index (κ3) is 3.97. The second-order valence-corrected chi connectivity index (χ2v) is 7.96. The van der Waals surface area contributed by atoms with Gasteiger partial charge in [-0.3, -0.25) is 14.6 Å². The second kappa shape index (κ2) is 8.85. The van der Waals surface area contributed by atoms with Crippen LogP contribution in [-0.2, 0) is 16.1 Å². The lowest BCUT2D eigenvalue weighted by Gasteiger charge is -2.25. The standard InChI is InChI=1S/C25H21ClN2O4/c1-15-12-18(7-10-20(15)32-2)23(29)21-22(17-5-8-19(26)9-6-17)28(25(31)24(21)30)14-16-4-3-11-27-13-16/h3-13,22,29H,14H2,1-2H3/t22-/m1/s1. The Labute approximate surface area is 190 Å². The number of benzene rings is 2. The smallest absolute Gasteiger partial charge is 0.295 e. The number of likely N-dealkylation sites (tertiary alicyclic amines) is 1. The van der Waals surface area contributed by atoms with E-state index in [1.54, 1.807) is 68.0 Å². The van der Waals surface area contributed by atoms with E-state index in [4.69, 9.17) is 16.3 Å². The fourth-order valence-electron chi connectivity index (χ4n) is 3.90. The number of methoxy groups -OCH3 is 1. The highest BCUT2D eigenvalue weighted by atomic mass is 35.5. The number of carbonyl (C=O) groups excluding carboxylic acids is 2. The summed E-state index contributed by atoms with van der Waals surface area (Å²) in [7, 11) is 1.56. The van der Waals surface area contributed by atoms with E-state index in [0.717, 1.165) is 11.1 Å². The van der Waals surface area contributed by atoms with Crippen molar-refractivity contribution in [2.24, 2.45) is 0 Å². The Hall–Kier alpha value is -3.64. The Bertz CT molecular complexity index is 1210. The highest BCUT2D eigenvalue weighted by Crippen LogP contribution is 2.40. The summed E-state index contributed by atoms with van der Waals surface area (Å²) in [6, 6.07) is 14.8. The number of carbonyl (C=O) groups is 2. The van der Waals surface area contributed by atoms with Gasteiger partial charge in [-0.1, -0.05) is 29.8 Å². The third-order valence-electron chi connectivity index (χ3n) is 5.47. The number of aliphatic hydroxyl groups is 1. The SMILES string of the molecule is COc1ccc(C(O)=C2C(=O)C(=O)N(Cc3cccnc3)[C@@H]2c2ccc(Cl)cc2)cc1C. The molecule has 1 fully saturated rings. The summed E-state index contributed by atoms with van der Waals surface area (Å²) in [4.78, 5) is 31.7. The van der Waals surface area contributed by atoms with Crippen molar-refractivity contribution < 1.29 is 19.4 Å². The van der Waals surface area contributed by atoms with E-state index >= 15 is 0 Å². The average Bonchev–Trinajstić information content (AvgIpc) is 3.04. The second-order valence-electron chi connectivity index (χ2n) is 7.52. The van der Waals surface area contributed by atoms with Crippen LogP contribution < -0.4 is 4.74 Å². The molecule has 1 atom stereocenters. The van der Waals surface area contributed by atoms with Crippen LogP contribution in [0.4, 0.5) is 0 Å². The summed E-state index contributed by atoms with van der Waals surface area (Å²) in [6.07, 6.45) is 3.28. The van der Waals surface area contributed by atoms with Crippen molar-refractivity contribution in [1.29, 1.82) is 0 Å². The molecule has 1 aliphatic rings. The maximum absolute atomic E-state index is 13.1. The number of hydrogen-bond donors (Lipinski definition) is 1. The maximum atomic E-state index is 13.1. The van der Waals surface area contributed by atoms with Crippen LogP contribution in [-0.4, -0.2) is 33.8 Å². The van der Waals surface area contributed by atoms with Crippen LogP contribution in [0.25, 0.3) is 5.76 Å². The number of Topliss-reactive ketones (excluding diaryl/α,β-unsaturated/α-hetero) is 1. The summed E-state index contributed by atoms with van der Waals surface area (Å²) in [6.45, 7) is 2.01. The van der Waals surface area contributed by atoms with Crippen LogP contribution in [0.2, 0.25) is 5.02 Å². The van der Waals surface area contributed by atoms with E-state index in [-0.39, 0.29) is 17.9 Å². The van der Waals surface area contributed by atoms with Crippen molar-refractivity contribution in [1.82, 2.24) is 9.88 Å². The number of pyridine rings is 1. The maximum Gasteiger partial charge on any atom is 0.295 e. The highest BCUT2D eigenvalue weighted by molar-refractivity contribution is 6.46. The number of ketones is 1. The monoisotopic (exact) mass is 448 g/mol. The van der Waals surface area contributed by atoms with Crippen LogP contribution in [0, 0.1) is 6.92 Å². The fourth-order valence-corrected chi connectivity index (χ4v) is 4.03. The molecule has 1 aliphatic heterocycles. The molecule has 7 heteroatoms. The molecule has 32 heavy (non-hydrogen) atoms. The number of hydrogen-bond acceptors (Lipinski definition) is 5. The Morgan fingerprint density at radius 1 is 1.16 bits per heavy atom. The van der Waals surface area contributed by atoms with Gasteiger partial charge in [-0.25, -0.2) is 0 Å². The zero-order valence-electron chi connectivity index (χ0n) is 17.6. The zero-order valence-corrected chi connectivity index (χ0v) is 18.3. The Morgan fingerprint density at radius 2 is 1.91 bits per heavy atom. The fraction of sp³-hybridized carbons (Fsp3) is 0.160. The van der Waals surface area contributed by atoms with Gasteiger partial charge in [-0.05, 0) is 60.0 Å². The molecule has 1 aromatic heterocycles. The number of aromatic nitrogens is 1. The molecule has 4 rings (SSSR count). The summed E-state index contributed by atoms with van der Waals surface area (Å²) in [5.41, 5.74) is 2.70. The molecule has 0 unspecified atom stereocenters. The van der Waals surface area contributed by atoms with Crippen molar-refractivity contribution in [3.05, 3.63) is 99.8 Å². The normalized spacial score (nSPS) is 17.6. The van der Waals surface area contributed by atoms with Gasteiger partial charge < -0.3 is 14.7 Å². The van der Waals surface area contributed by atoms with Crippen molar-refractivity contribution in [2.45, 2.75) is 19.5 Å². The van der Waals surface area contributed by atoms with Crippen molar-refractivity contribution in [2.75, 3.05) is 7.11 Å². The largest absolute Gasteiger partial charge is 0.507 e. The summed E-state index contributed by atoms with van der Waals surface area (Å²) < 4.78 is 5.28. The molecule has 1 N–H and O–H groups in total. The minimum absolute atomic E-state index is 0.0331. The van der Waals surface area contributed by atoms with Gasteiger partial charge in [-0.2, -0.15) is 0 Å². The van der Waals surface area contributed by atoms with Gasteiger partial charge in [0.15, 0.2) is 0 Å². The van der Waals surface area contributed by atoms with Gasteiger partial charge in [-0.15, -0.1) is 0 Å². The quantitative estimate of drug-likeness (QED) is 0.348. The number of nitrogens with zero attached hydrogens (tertiary/aromatic N) is 2. The van der Waals surface area contributed by atoms with Crippen molar-refractivity contribution in [3.63, 3.8) is 0 Å².